The van der Waals surface area contributed by atoms with Gasteiger partial charge < -0.3 is 10.0 Å². The molecule has 1 aliphatic rings. The molecular formula is C12H26N2O3S. The molecule has 108 valence electrons. The molecule has 1 rings (SSSR count). The maximum atomic E-state index is 11.2. The summed E-state index contributed by atoms with van der Waals surface area (Å²) in [4.78, 5) is 2.37. The summed E-state index contributed by atoms with van der Waals surface area (Å²) in [6.07, 6.45) is 3.72. The van der Waals surface area contributed by atoms with Gasteiger partial charge in [-0.05, 0) is 52.6 Å². The van der Waals surface area contributed by atoms with Crippen LogP contribution in [0.1, 0.15) is 39.5 Å². The Bertz CT molecular complexity index is 330. The van der Waals surface area contributed by atoms with Gasteiger partial charge in [0, 0.05) is 12.6 Å². The lowest BCUT2D eigenvalue weighted by molar-refractivity contribution is 0.133. The Balaban J connectivity index is 2.22. The number of hydrogen-bond acceptors (Lipinski definition) is 4. The van der Waals surface area contributed by atoms with E-state index < -0.39 is 10.0 Å². The van der Waals surface area contributed by atoms with Crippen LogP contribution in [0, 0.1) is 0 Å². The molecule has 0 spiro atoms. The smallest absolute Gasteiger partial charge is 0.211 e. The molecule has 0 aromatic carbocycles. The SMILES string of the molecule is CCS(=O)(=O)NCCCN1CCCC1CC(C)O. The van der Waals surface area contributed by atoms with Crippen molar-refractivity contribution < 1.29 is 13.5 Å². The number of hydrogen-bond donors (Lipinski definition) is 2. The Morgan fingerprint density at radius 1 is 1.50 bits per heavy atom. The summed E-state index contributed by atoms with van der Waals surface area (Å²) in [5.74, 6) is 0.140. The number of aliphatic hydroxyl groups is 1. The predicted molar refractivity (Wildman–Crippen MR) is 73.0 cm³/mol. The van der Waals surface area contributed by atoms with Crippen LogP contribution >= 0.6 is 0 Å². The van der Waals surface area contributed by atoms with E-state index in [2.05, 4.69) is 9.62 Å². The quantitative estimate of drug-likeness (QED) is 0.636. The van der Waals surface area contributed by atoms with Gasteiger partial charge in [-0.15, -0.1) is 0 Å². The third kappa shape index (κ3) is 5.65. The summed E-state index contributed by atoms with van der Waals surface area (Å²) in [6.45, 7) is 5.95. The van der Waals surface area contributed by atoms with Crippen LogP contribution in [0.3, 0.4) is 0 Å². The topological polar surface area (TPSA) is 69.6 Å². The number of nitrogens with zero attached hydrogens (tertiary/aromatic N) is 1. The third-order valence-electron chi connectivity index (χ3n) is 3.44. The van der Waals surface area contributed by atoms with E-state index in [0.717, 1.165) is 32.4 Å². The highest BCUT2D eigenvalue weighted by atomic mass is 32.2. The molecule has 2 unspecified atom stereocenters. The fourth-order valence-electron chi connectivity index (χ4n) is 2.46. The second kappa shape index (κ2) is 7.43. The second-order valence-electron chi connectivity index (χ2n) is 5.07. The number of likely N-dealkylation sites (tertiary alicyclic amines) is 1. The fraction of sp³-hybridized carbons (Fsp3) is 1.00. The Hall–Kier alpha value is -0.170. The number of nitrogens with one attached hydrogen (secondary N) is 1. The largest absolute Gasteiger partial charge is 0.393 e. The molecule has 0 aromatic rings. The molecule has 1 aliphatic heterocycles. The van der Waals surface area contributed by atoms with Crippen LogP contribution < -0.4 is 4.72 Å². The molecule has 5 nitrogen and oxygen atoms in total. The molecule has 2 N–H and O–H groups in total. The van der Waals surface area contributed by atoms with Crippen molar-refractivity contribution in [2.45, 2.75) is 51.7 Å². The lowest BCUT2D eigenvalue weighted by atomic mass is 10.1. The normalized spacial score (nSPS) is 23.4. The van der Waals surface area contributed by atoms with Crippen LogP contribution in [-0.2, 0) is 10.0 Å². The minimum absolute atomic E-state index is 0.140. The Morgan fingerprint density at radius 3 is 2.83 bits per heavy atom. The lowest BCUT2D eigenvalue weighted by Crippen LogP contribution is -2.35. The van der Waals surface area contributed by atoms with E-state index >= 15 is 0 Å². The van der Waals surface area contributed by atoms with Gasteiger partial charge in [-0.2, -0.15) is 0 Å². The highest BCUT2D eigenvalue weighted by Crippen LogP contribution is 2.21. The first kappa shape index (κ1) is 15.9. The lowest BCUT2D eigenvalue weighted by Gasteiger charge is -2.25. The van der Waals surface area contributed by atoms with E-state index in [0.29, 0.717) is 12.6 Å². The van der Waals surface area contributed by atoms with Crippen molar-refractivity contribution in [3.8, 4) is 0 Å². The third-order valence-corrected chi connectivity index (χ3v) is 4.84. The van der Waals surface area contributed by atoms with Gasteiger partial charge in [0.1, 0.15) is 0 Å². The first-order chi connectivity index (χ1) is 8.44. The fourth-order valence-corrected chi connectivity index (χ4v) is 3.12. The highest BCUT2D eigenvalue weighted by molar-refractivity contribution is 7.89. The molecule has 0 saturated carbocycles. The van der Waals surface area contributed by atoms with Crippen molar-refractivity contribution in [2.75, 3.05) is 25.4 Å². The van der Waals surface area contributed by atoms with Crippen molar-refractivity contribution >= 4 is 10.0 Å². The summed E-state index contributed by atoms with van der Waals surface area (Å²) >= 11 is 0. The van der Waals surface area contributed by atoms with Crippen molar-refractivity contribution in [3.05, 3.63) is 0 Å². The Labute approximate surface area is 111 Å². The maximum Gasteiger partial charge on any atom is 0.211 e. The Morgan fingerprint density at radius 2 is 2.22 bits per heavy atom. The summed E-state index contributed by atoms with van der Waals surface area (Å²) in [7, 11) is -3.06. The van der Waals surface area contributed by atoms with E-state index in [9.17, 15) is 13.5 Å². The molecule has 1 saturated heterocycles. The molecule has 0 bridgehead atoms. The zero-order valence-corrected chi connectivity index (χ0v) is 12.2. The summed E-state index contributed by atoms with van der Waals surface area (Å²) in [6, 6.07) is 0.466. The zero-order chi connectivity index (χ0) is 13.6. The molecule has 0 aromatic heterocycles. The summed E-state index contributed by atoms with van der Waals surface area (Å²) < 4.78 is 25.1. The van der Waals surface area contributed by atoms with Gasteiger partial charge in [0.2, 0.25) is 10.0 Å². The molecule has 2 atom stereocenters. The molecule has 1 heterocycles. The molecule has 0 amide bonds. The van der Waals surface area contributed by atoms with E-state index in [4.69, 9.17) is 0 Å². The van der Waals surface area contributed by atoms with Crippen LogP contribution in [0.2, 0.25) is 0 Å². The first-order valence-electron chi connectivity index (χ1n) is 6.84. The van der Waals surface area contributed by atoms with E-state index in [1.165, 1.54) is 6.42 Å². The standard InChI is InChI=1S/C12H26N2O3S/c1-3-18(16,17)13-7-5-9-14-8-4-6-12(14)10-11(2)15/h11-13,15H,3-10H2,1-2H3. The average molecular weight is 278 g/mol. The molecule has 0 radical (unpaired) electrons. The molecular weight excluding hydrogens is 252 g/mol. The molecule has 1 fully saturated rings. The number of rotatable bonds is 8. The minimum Gasteiger partial charge on any atom is -0.393 e. The summed E-state index contributed by atoms with van der Waals surface area (Å²) in [5.41, 5.74) is 0. The maximum absolute atomic E-state index is 11.2. The van der Waals surface area contributed by atoms with Gasteiger partial charge in [0.15, 0.2) is 0 Å². The van der Waals surface area contributed by atoms with E-state index in [1.807, 2.05) is 6.92 Å². The molecule has 18 heavy (non-hydrogen) atoms. The van der Waals surface area contributed by atoms with Gasteiger partial charge >= 0.3 is 0 Å². The first-order valence-corrected chi connectivity index (χ1v) is 8.49. The van der Waals surface area contributed by atoms with Crippen LogP contribution in [0.25, 0.3) is 0 Å². The van der Waals surface area contributed by atoms with Gasteiger partial charge in [-0.25, -0.2) is 13.1 Å². The minimum atomic E-state index is -3.06. The number of aliphatic hydroxyl groups excluding tert-OH is 1. The second-order valence-corrected chi connectivity index (χ2v) is 7.16. The monoisotopic (exact) mass is 278 g/mol. The average Bonchev–Trinajstić information content (AvgIpc) is 2.71. The Kier molecular flexibility index (Phi) is 6.55. The van der Waals surface area contributed by atoms with Crippen LogP contribution in [0.15, 0.2) is 0 Å². The van der Waals surface area contributed by atoms with Crippen LogP contribution in [-0.4, -0.2) is 56.0 Å². The van der Waals surface area contributed by atoms with Crippen LogP contribution in [0.4, 0.5) is 0 Å². The van der Waals surface area contributed by atoms with Crippen LogP contribution in [0.5, 0.6) is 0 Å². The van der Waals surface area contributed by atoms with E-state index in [-0.39, 0.29) is 11.9 Å². The molecule has 0 aliphatic carbocycles. The number of sulfonamides is 1. The highest BCUT2D eigenvalue weighted by Gasteiger charge is 2.24. The predicted octanol–water partition coefficient (Wildman–Crippen LogP) is 0.551. The summed E-state index contributed by atoms with van der Waals surface area (Å²) in [5, 5.41) is 9.42. The van der Waals surface area contributed by atoms with Gasteiger partial charge in [0.05, 0.1) is 11.9 Å². The van der Waals surface area contributed by atoms with Crippen molar-refractivity contribution in [1.82, 2.24) is 9.62 Å². The van der Waals surface area contributed by atoms with Gasteiger partial charge in [-0.1, -0.05) is 0 Å². The zero-order valence-electron chi connectivity index (χ0n) is 11.4. The van der Waals surface area contributed by atoms with Gasteiger partial charge in [0.25, 0.3) is 0 Å². The van der Waals surface area contributed by atoms with Gasteiger partial charge in [-0.3, -0.25) is 0 Å². The van der Waals surface area contributed by atoms with Crippen molar-refractivity contribution in [3.63, 3.8) is 0 Å². The van der Waals surface area contributed by atoms with Crippen molar-refractivity contribution in [1.29, 1.82) is 0 Å². The van der Waals surface area contributed by atoms with Crippen molar-refractivity contribution in [2.24, 2.45) is 0 Å². The molecule has 6 heteroatoms. The van der Waals surface area contributed by atoms with E-state index in [1.54, 1.807) is 6.92 Å².